The molecule has 17 heavy (non-hydrogen) atoms. The summed E-state index contributed by atoms with van der Waals surface area (Å²) in [6, 6.07) is 2.40. The Morgan fingerprint density at radius 2 is 2.06 bits per heavy atom. The van der Waals surface area contributed by atoms with Gasteiger partial charge in [-0.3, -0.25) is 0 Å². The van der Waals surface area contributed by atoms with Gasteiger partial charge in [-0.2, -0.15) is 5.26 Å². The van der Waals surface area contributed by atoms with Crippen molar-refractivity contribution in [3.8, 4) is 6.07 Å². The Morgan fingerprint density at radius 3 is 2.59 bits per heavy atom. The molecule has 1 fully saturated rings. The van der Waals surface area contributed by atoms with Crippen LogP contribution < -0.4 is 0 Å². The minimum absolute atomic E-state index is 0.0823. The lowest BCUT2D eigenvalue weighted by molar-refractivity contribution is -0.0160. The minimum Gasteiger partial charge on any atom is -0.373 e. The highest BCUT2D eigenvalue weighted by atomic mass is 16.5. The van der Waals surface area contributed by atoms with Gasteiger partial charge in [0.2, 0.25) is 0 Å². The first kappa shape index (κ1) is 14.3. The SMILES string of the molecule is CC=CCOC1CC(C(C)(C)C)CCC1C#N. The Bertz CT molecular complexity index is 295. The molecule has 2 heteroatoms. The largest absolute Gasteiger partial charge is 0.373 e. The lowest BCUT2D eigenvalue weighted by Crippen LogP contribution is -2.36. The van der Waals surface area contributed by atoms with E-state index in [4.69, 9.17) is 10.00 Å². The molecular weight excluding hydrogens is 210 g/mol. The molecule has 1 rings (SSSR count). The maximum atomic E-state index is 9.16. The van der Waals surface area contributed by atoms with Gasteiger partial charge in [0, 0.05) is 0 Å². The Kier molecular flexibility index (Phi) is 5.21. The fourth-order valence-corrected chi connectivity index (χ4v) is 2.52. The molecule has 3 unspecified atom stereocenters. The summed E-state index contributed by atoms with van der Waals surface area (Å²) in [5.41, 5.74) is 0.322. The number of nitriles is 1. The van der Waals surface area contributed by atoms with Gasteiger partial charge < -0.3 is 4.74 Å². The van der Waals surface area contributed by atoms with Crippen molar-refractivity contribution in [1.29, 1.82) is 5.26 Å². The average Bonchev–Trinajstić information content (AvgIpc) is 2.28. The summed E-state index contributed by atoms with van der Waals surface area (Å²) in [5, 5.41) is 9.16. The number of hydrogen-bond acceptors (Lipinski definition) is 2. The maximum absolute atomic E-state index is 9.16. The fourth-order valence-electron chi connectivity index (χ4n) is 2.52. The van der Waals surface area contributed by atoms with Crippen molar-refractivity contribution in [2.75, 3.05) is 6.61 Å². The van der Waals surface area contributed by atoms with Gasteiger partial charge in [0.25, 0.3) is 0 Å². The zero-order valence-corrected chi connectivity index (χ0v) is 11.6. The maximum Gasteiger partial charge on any atom is 0.0740 e. The number of nitrogens with zero attached hydrogens (tertiary/aromatic N) is 1. The Balaban J connectivity index is 2.59. The summed E-state index contributed by atoms with van der Waals surface area (Å²) in [4.78, 5) is 0. The van der Waals surface area contributed by atoms with E-state index in [1.54, 1.807) is 0 Å². The van der Waals surface area contributed by atoms with Gasteiger partial charge in [-0.15, -0.1) is 0 Å². The molecule has 0 aliphatic heterocycles. The number of rotatable bonds is 3. The molecule has 0 amide bonds. The molecule has 1 saturated carbocycles. The van der Waals surface area contributed by atoms with Crippen LogP contribution in [0.15, 0.2) is 12.2 Å². The number of ether oxygens (including phenoxy) is 1. The lowest BCUT2D eigenvalue weighted by Gasteiger charge is -2.39. The summed E-state index contributed by atoms with van der Waals surface area (Å²) in [6.07, 6.45) is 7.29. The number of hydrogen-bond donors (Lipinski definition) is 0. The molecule has 0 aromatic carbocycles. The normalized spacial score (nSPS) is 30.4. The van der Waals surface area contributed by atoms with Crippen molar-refractivity contribution in [3.05, 3.63) is 12.2 Å². The van der Waals surface area contributed by atoms with E-state index in [1.807, 2.05) is 19.1 Å². The van der Waals surface area contributed by atoms with Crippen LogP contribution in [0, 0.1) is 28.6 Å². The van der Waals surface area contributed by atoms with E-state index in [0.717, 1.165) is 19.3 Å². The molecule has 1 aliphatic carbocycles. The molecule has 1 aliphatic rings. The molecule has 0 radical (unpaired) electrons. The highest BCUT2D eigenvalue weighted by Crippen LogP contribution is 2.40. The third kappa shape index (κ3) is 4.16. The smallest absolute Gasteiger partial charge is 0.0740 e. The van der Waals surface area contributed by atoms with Crippen molar-refractivity contribution < 1.29 is 4.74 Å². The lowest BCUT2D eigenvalue weighted by atomic mass is 9.69. The van der Waals surface area contributed by atoms with Crippen LogP contribution >= 0.6 is 0 Å². The second-order valence-electron chi connectivity index (χ2n) is 6.05. The molecular formula is C15H25NO. The van der Waals surface area contributed by atoms with Crippen LogP contribution in [-0.4, -0.2) is 12.7 Å². The predicted molar refractivity (Wildman–Crippen MR) is 70.5 cm³/mol. The van der Waals surface area contributed by atoms with E-state index in [9.17, 15) is 0 Å². The van der Waals surface area contributed by atoms with E-state index in [0.29, 0.717) is 17.9 Å². The Hall–Kier alpha value is -0.810. The van der Waals surface area contributed by atoms with Crippen molar-refractivity contribution in [2.45, 2.75) is 53.1 Å². The van der Waals surface area contributed by atoms with Gasteiger partial charge in [0.1, 0.15) is 0 Å². The highest BCUT2D eigenvalue weighted by Gasteiger charge is 2.36. The quantitative estimate of drug-likeness (QED) is 0.694. The standard InChI is InChI=1S/C15H25NO/c1-5-6-9-17-14-10-13(15(2,3)4)8-7-12(14)11-16/h5-6,12-14H,7-10H2,1-4H3. The summed E-state index contributed by atoms with van der Waals surface area (Å²) in [5.74, 6) is 0.751. The van der Waals surface area contributed by atoms with Crippen LogP contribution in [0.5, 0.6) is 0 Å². The van der Waals surface area contributed by atoms with Crippen LogP contribution in [0.4, 0.5) is 0 Å². The van der Waals surface area contributed by atoms with Crippen molar-refractivity contribution in [1.82, 2.24) is 0 Å². The first-order valence-electron chi connectivity index (χ1n) is 6.61. The molecule has 2 nitrogen and oxygen atoms in total. The minimum atomic E-state index is 0.0823. The second kappa shape index (κ2) is 6.21. The molecule has 0 saturated heterocycles. The van der Waals surface area contributed by atoms with Gasteiger partial charge in [-0.05, 0) is 37.5 Å². The molecule has 0 N–H and O–H groups in total. The molecule has 0 heterocycles. The van der Waals surface area contributed by atoms with Gasteiger partial charge >= 0.3 is 0 Å². The van der Waals surface area contributed by atoms with Crippen molar-refractivity contribution in [2.24, 2.45) is 17.3 Å². The molecule has 0 bridgehead atoms. The third-order valence-electron chi connectivity index (χ3n) is 3.82. The summed E-state index contributed by atoms with van der Waals surface area (Å²) in [6.45, 7) is 9.48. The fraction of sp³-hybridized carbons (Fsp3) is 0.800. The molecule has 0 aromatic rings. The summed E-state index contributed by atoms with van der Waals surface area (Å²) >= 11 is 0. The Morgan fingerprint density at radius 1 is 1.35 bits per heavy atom. The van der Waals surface area contributed by atoms with Gasteiger partial charge in [0.15, 0.2) is 0 Å². The molecule has 3 atom stereocenters. The number of allylic oxidation sites excluding steroid dienone is 1. The monoisotopic (exact) mass is 235 g/mol. The van der Waals surface area contributed by atoms with Crippen LogP contribution in [0.25, 0.3) is 0 Å². The van der Waals surface area contributed by atoms with E-state index in [-0.39, 0.29) is 12.0 Å². The second-order valence-corrected chi connectivity index (χ2v) is 6.05. The van der Waals surface area contributed by atoms with Gasteiger partial charge in [-0.1, -0.05) is 32.9 Å². The van der Waals surface area contributed by atoms with E-state index < -0.39 is 0 Å². The van der Waals surface area contributed by atoms with E-state index >= 15 is 0 Å². The predicted octanol–water partition coefficient (Wildman–Crippen LogP) is 3.93. The van der Waals surface area contributed by atoms with E-state index in [1.165, 1.54) is 0 Å². The van der Waals surface area contributed by atoms with E-state index in [2.05, 4.69) is 26.8 Å². The van der Waals surface area contributed by atoms with Crippen LogP contribution in [0.3, 0.4) is 0 Å². The zero-order chi connectivity index (χ0) is 12.9. The van der Waals surface area contributed by atoms with Crippen LogP contribution in [-0.2, 0) is 4.74 Å². The van der Waals surface area contributed by atoms with Gasteiger partial charge in [-0.25, -0.2) is 0 Å². The van der Waals surface area contributed by atoms with Crippen molar-refractivity contribution in [3.63, 3.8) is 0 Å². The highest BCUT2D eigenvalue weighted by molar-refractivity contribution is 4.96. The average molecular weight is 235 g/mol. The topological polar surface area (TPSA) is 33.0 Å². The first-order chi connectivity index (χ1) is 7.99. The van der Waals surface area contributed by atoms with Crippen LogP contribution in [0.2, 0.25) is 0 Å². The Labute approximate surface area is 106 Å². The van der Waals surface area contributed by atoms with Gasteiger partial charge in [0.05, 0.1) is 24.7 Å². The third-order valence-corrected chi connectivity index (χ3v) is 3.82. The van der Waals surface area contributed by atoms with Crippen molar-refractivity contribution >= 4 is 0 Å². The summed E-state index contributed by atoms with van der Waals surface area (Å²) < 4.78 is 5.84. The molecule has 0 spiro atoms. The molecule has 0 aromatic heterocycles. The molecule has 96 valence electrons. The first-order valence-corrected chi connectivity index (χ1v) is 6.61. The summed E-state index contributed by atoms with van der Waals surface area (Å²) in [7, 11) is 0. The van der Waals surface area contributed by atoms with Crippen LogP contribution in [0.1, 0.15) is 47.0 Å². The zero-order valence-electron chi connectivity index (χ0n) is 11.6.